The lowest BCUT2D eigenvalue weighted by molar-refractivity contribution is -0.113. The SMILES string of the molecule is N#Cc1cccnc1SCC(=O)Nc1cccc2c1CCCC2. The number of nitriles is 1. The van der Waals surface area contributed by atoms with Gasteiger partial charge in [0.15, 0.2) is 0 Å². The van der Waals surface area contributed by atoms with Crippen molar-refractivity contribution < 1.29 is 4.79 Å². The van der Waals surface area contributed by atoms with Gasteiger partial charge < -0.3 is 5.32 Å². The molecule has 1 aromatic carbocycles. The van der Waals surface area contributed by atoms with Crippen molar-refractivity contribution >= 4 is 23.4 Å². The maximum atomic E-state index is 12.2. The Morgan fingerprint density at radius 2 is 2.13 bits per heavy atom. The van der Waals surface area contributed by atoms with Crippen molar-refractivity contribution in [3.63, 3.8) is 0 Å². The minimum Gasteiger partial charge on any atom is -0.325 e. The first-order chi connectivity index (χ1) is 11.3. The molecule has 0 fully saturated rings. The fraction of sp³-hybridized carbons (Fsp3) is 0.278. The third kappa shape index (κ3) is 3.72. The van der Waals surface area contributed by atoms with E-state index in [1.165, 1.54) is 35.7 Å². The van der Waals surface area contributed by atoms with E-state index in [9.17, 15) is 4.79 Å². The summed E-state index contributed by atoms with van der Waals surface area (Å²) in [5, 5.41) is 12.7. The number of amides is 1. The molecule has 0 unspecified atom stereocenters. The third-order valence-corrected chi connectivity index (χ3v) is 4.91. The summed E-state index contributed by atoms with van der Waals surface area (Å²) in [6.45, 7) is 0. The second-order valence-corrected chi connectivity index (χ2v) is 6.42. The summed E-state index contributed by atoms with van der Waals surface area (Å²) in [5.41, 5.74) is 4.04. The van der Waals surface area contributed by atoms with Crippen molar-refractivity contribution in [2.24, 2.45) is 0 Å². The molecule has 1 N–H and O–H groups in total. The predicted molar refractivity (Wildman–Crippen MR) is 91.4 cm³/mol. The number of anilines is 1. The number of hydrogen-bond donors (Lipinski definition) is 1. The standard InChI is InChI=1S/C18H17N3OS/c19-11-14-7-4-10-20-18(14)23-12-17(22)21-16-9-3-6-13-5-1-2-8-15(13)16/h3-4,6-7,9-10H,1-2,5,8,12H2,(H,21,22). The Morgan fingerprint density at radius 3 is 3.00 bits per heavy atom. The van der Waals surface area contributed by atoms with Crippen molar-refractivity contribution in [3.05, 3.63) is 53.2 Å². The Hall–Kier alpha value is -2.32. The van der Waals surface area contributed by atoms with Crippen LogP contribution in [0.4, 0.5) is 5.69 Å². The van der Waals surface area contributed by atoms with Crippen molar-refractivity contribution in [1.82, 2.24) is 4.98 Å². The van der Waals surface area contributed by atoms with Crippen LogP contribution in [0.25, 0.3) is 0 Å². The zero-order valence-corrected chi connectivity index (χ0v) is 13.5. The van der Waals surface area contributed by atoms with Crippen LogP contribution in [0.15, 0.2) is 41.6 Å². The van der Waals surface area contributed by atoms with Crippen molar-refractivity contribution in [3.8, 4) is 6.07 Å². The Kier molecular flexibility index (Phi) is 4.94. The van der Waals surface area contributed by atoms with Crippen molar-refractivity contribution in [2.45, 2.75) is 30.7 Å². The molecule has 0 saturated heterocycles. The lowest BCUT2D eigenvalue weighted by atomic mass is 9.90. The Labute approximate surface area is 139 Å². The van der Waals surface area contributed by atoms with Crippen LogP contribution in [0.1, 0.15) is 29.5 Å². The van der Waals surface area contributed by atoms with Gasteiger partial charge in [0.1, 0.15) is 11.1 Å². The summed E-state index contributed by atoms with van der Waals surface area (Å²) in [4.78, 5) is 16.4. The largest absolute Gasteiger partial charge is 0.325 e. The van der Waals surface area contributed by atoms with E-state index in [0.29, 0.717) is 10.6 Å². The van der Waals surface area contributed by atoms with Crippen LogP contribution in [0.3, 0.4) is 0 Å². The lowest BCUT2D eigenvalue weighted by Crippen LogP contribution is -2.17. The van der Waals surface area contributed by atoms with Crippen LogP contribution in [-0.4, -0.2) is 16.6 Å². The van der Waals surface area contributed by atoms with Crippen LogP contribution < -0.4 is 5.32 Å². The molecule has 1 amide bonds. The molecule has 0 atom stereocenters. The van der Waals surface area contributed by atoms with Crippen LogP contribution in [0.2, 0.25) is 0 Å². The molecule has 0 saturated carbocycles. The monoisotopic (exact) mass is 323 g/mol. The normalized spacial score (nSPS) is 13.0. The van der Waals surface area contributed by atoms with E-state index in [2.05, 4.69) is 22.4 Å². The minimum atomic E-state index is -0.0662. The Balaban J connectivity index is 1.65. The molecule has 2 aromatic rings. The van der Waals surface area contributed by atoms with Crippen LogP contribution >= 0.6 is 11.8 Å². The van der Waals surface area contributed by atoms with Gasteiger partial charge in [-0.3, -0.25) is 4.79 Å². The number of rotatable bonds is 4. The second-order valence-electron chi connectivity index (χ2n) is 5.46. The van der Waals surface area contributed by atoms with E-state index >= 15 is 0 Å². The summed E-state index contributed by atoms with van der Waals surface area (Å²) < 4.78 is 0. The first-order valence-corrected chi connectivity index (χ1v) is 8.65. The highest BCUT2D eigenvalue weighted by molar-refractivity contribution is 8.00. The van der Waals surface area contributed by atoms with E-state index < -0.39 is 0 Å². The van der Waals surface area contributed by atoms with Gasteiger partial charge in [0.05, 0.1) is 11.3 Å². The quantitative estimate of drug-likeness (QED) is 0.874. The maximum absolute atomic E-state index is 12.2. The van der Waals surface area contributed by atoms with E-state index in [4.69, 9.17) is 5.26 Å². The lowest BCUT2D eigenvalue weighted by Gasteiger charge is -2.19. The smallest absolute Gasteiger partial charge is 0.234 e. The molecular formula is C18H17N3OS. The first-order valence-electron chi connectivity index (χ1n) is 7.66. The molecule has 1 aromatic heterocycles. The molecule has 5 heteroatoms. The summed E-state index contributed by atoms with van der Waals surface area (Å²) in [6, 6.07) is 11.6. The van der Waals surface area contributed by atoms with Gasteiger partial charge in [0.2, 0.25) is 5.91 Å². The molecule has 1 heterocycles. The molecule has 4 nitrogen and oxygen atoms in total. The topological polar surface area (TPSA) is 65.8 Å². The summed E-state index contributed by atoms with van der Waals surface area (Å²) in [7, 11) is 0. The Bertz CT molecular complexity index is 767. The number of carbonyl (C=O) groups is 1. The number of aryl methyl sites for hydroxylation is 1. The van der Waals surface area contributed by atoms with Gasteiger partial charge in [-0.2, -0.15) is 5.26 Å². The summed E-state index contributed by atoms with van der Waals surface area (Å²) in [6.07, 6.45) is 6.14. The number of nitrogens with one attached hydrogen (secondary N) is 1. The summed E-state index contributed by atoms with van der Waals surface area (Å²) >= 11 is 1.29. The molecule has 116 valence electrons. The third-order valence-electron chi connectivity index (χ3n) is 3.90. The molecule has 0 spiro atoms. The van der Waals surface area contributed by atoms with Gasteiger partial charge >= 0.3 is 0 Å². The molecule has 0 aliphatic heterocycles. The first kappa shape index (κ1) is 15.6. The van der Waals surface area contributed by atoms with Gasteiger partial charge in [-0.25, -0.2) is 4.98 Å². The Morgan fingerprint density at radius 1 is 1.26 bits per heavy atom. The van der Waals surface area contributed by atoms with Crippen LogP contribution in [0.5, 0.6) is 0 Å². The highest BCUT2D eigenvalue weighted by Crippen LogP contribution is 2.28. The van der Waals surface area contributed by atoms with Crippen molar-refractivity contribution in [1.29, 1.82) is 5.26 Å². The van der Waals surface area contributed by atoms with E-state index in [1.54, 1.807) is 18.3 Å². The molecule has 1 aliphatic carbocycles. The number of hydrogen-bond acceptors (Lipinski definition) is 4. The zero-order chi connectivity index (χ0) is 16.1. The number of benzene rings is 1. The van der Waals surface area contributed by atoms with E-state index in [1.807, 2.05) is 12.1 Å². The van der Waals surface area contributed by atoms with Crippen LogP contribution in [0, 0.1) is 11.3 Å². The fourth-order valence-electron chi connectivity index (χ4n) is 2.81. The van der Waals surface area contributed by atoms with E-state index in [-0.39, 0.29) is 11.7 Å². The van der Waals surface area contributed by atoms with Gasteiger partial charge in [-0.05, 0) is 55.0 Å². The van der Waals surface area contributed by atoms with Gasteiger partial charge in [0, 0.05) is 11.9 Å². The second kappa shape index (κ2) is 7.30. The molecule has 1 aliphatic rings. The highest BCUT2D eigenvalue weighted by atomic mass is 32.2. The number of thioether (sulfide) groups is 1. The number of carbonyl (C=O) groups excluding carboxylic acids is 1. The summed E-state index contributed by atoms with van der Waals surface area (Å²) in [5.74, 6) is 0.179. The van der Waals surface area contributed by atoms with Gasteiger partial charge in [-0.15, -0.1) is 0 Å². The average Bonchev–Trinajstić information content (AvgIpc) is 2.60. The van der Waals surface area contributed by atoms with E-state index in [0.717, 1.165) is 18.5 Å². The highest BCUT2D eigenvalue weighted by Gasteiger charge is 2.15. The molecule has 0 radical (unpaired) electrons. The molecule has 0 bridgehead atoms. The maximum Gasteiger partial charge on any atom is 0.234 e. The minimum absolute atomic E-state index is 0.0662. The fourth-order valence-corrected chi connectivity index (χ4v) is 3.55. The average molecular weight is 323 g/mol. The number of aromatic nitrogens is 1. The molecule has 23 heavy (non-hydrogen) atoms. The zero-order valence-electron chi connectivity index (χ0n) is 12.7. The molecule has 3 rings (SSSR count). The van der Waals surface area contributed by atoms with Crippen molar-refractivity contribution in [2.75, 3.05) is 11.1 Å². The molecular weight excluding hydrogens is 306 g/mol. The number of fused-ring (bicyclic) bond motifs is 1. The number of nitrogens with zero attached hydrogens (tertiary/aromatic N) is 2. The van der Waals surface area contributed by atoms with Gasteiger partial charge in [-0.1, -0.05) is 23.9 Å². The van der Waals surface area contributed by atoms with Gasteiger partial charge in [0.25, 0.3) is 0 Å². The van der Waals surface area contributed by atoms with Crippen LogP contribution in [-0.2, 0) is 17.6 Å². The predicted octanol–water partition coefficient (Wildman–Crippen LogP) is 3.56. The number of pyridine rings is 1.